The van der Waals surface area contributed by atoms with E-state index >= 15 is 0 Å². The van der Waals surface area contributed by atoms with Gasteiger partial charge in [0.05, 0.1) is 35.8 Å². The minimum absolute atomic E-state index is 0.0110. The van der Waals surface area contributed by atoms with E-state index < -0.39 is 39.0 Å². The third kappa shape index (κ3) is 5.11. The number of amides is 2. The molecule has 3 saturated heterocycles. The van der Waals surface area contributed by atoms with E-state index in [1.165, 1.54) is 0 Å². The van der Waals surface area contributed by atoms with Gasteiger partial charge in [-0.05, 0) is 64.7 Å². The van der Waals surface area contributed by atoms with Crippen LogP contribution in [0.15, 0.2) is 0 Å². The first-order chi connectivity index (χ1) is 16.0. The highest BCUT2D eigenvalue weighted by Crippen LogP contribution is 2.71. The number of hydrogen-bond acceptors (Lipinski definition) is 6. The first kappa shape index (κ1) is 28.3. The summed E-state index contributed by atoms with van der Waals surface area (Å²) in [6, 6.07) is -1.21. The van der Waals surface area contributed by atoms with Crippen LogP contribution in [-0.4, -0.2) is 68.1 Å². The Kier molecular flexibility index (Phi) is 7.72. The third-order valence-electron chi connectivity index (χ3n) is 7.78. The lowest BCUT2D eigenvalue weighted by atomic mass is 9.66. The van der Waals surface area contributed by atoms with Gasteiger partial charge in [-0.3, -0.25) is 14.4 Å². The highest BCUT2D eigenvalue weighted by molar-refractivity contribution is 8.02. The van der Waals surface area contributed by atoms with E-state index in [1.807, 2.05) is 34.6 Å². The molecule has 0 aromatic rings. The van der Waals surface area contributed by atoms with Crippen LogP contribution in [0.1, 0.15) is 88.0 Å². The van der Waals surface area contributed by atoms with Gasteiger partial charge in [-0.25, -0.2) is 0 Å². The summed E-state index contributed by atoms with van der Waals surface area (Å²) in [4.78, 5) is 43.1. The molecule has 0 aromatic carbocycles. The van der Waals surface area contributed by atoms with E-state index in [1.54, 1.807) is 23.6 Å². The van der Waals surface area contributed by atoms with Crippen LogP contribution >= 0.6 is 11.8 Å². The summed E-state index contributed by atoms with van der Waals surface area (Å²) in [5, 5.41) is 13.6. The molecule has 2 bridgehead atoms. The fraction of sp³-hybridized carbons (Fsp3) is 0.889. The summed E-state index contributed by atoms with van der Waals surface area (Å²) in [5.41, 5.74) is -0.464. The lowest BCUT2D eigenvalue weighted by Crippen LogP contribution is -2.60. The van der Waals surface area contributed by atoms with Gasteiger partial charge in [0.15, 0.2) is 0 Å². The minimum atomic E-state index is -0.735. The van der Waals surface area contributed by atoms with Crippen molar-refractivity contribution in [2.75, 3.05) is 13.2 Å². The van der Waals surface area contributed by atoms with E-state index in [-0.39, 0.29) is 42.3 Å². The van der Waals surface area contributed by atoms with Gasteiger partial charge in [-0.1, -0.05) is 34.6 Å². The first-order valence-corrected chi connectivity index (χ1v) is 14.0. The fourth-order valence-electron chi connectivity index (χ4n) is 7.24. The van der Waals surface area contributed by atoms with Gasteiger partial charge in [-0.2, -0.15) is 0 Å². The van der Waals surface area contributed by atoms with E-state index in [4.69, 9.17) is 4.74 Å². The molecule has 3 heterocycles. The van der Waals surface area contributed by atoms with E-state index in [2.05, 4.69) is 26.1 Å². The van der Waals surface area contributed by atoms with Gasteiger partial charge in [0.1, 0.15) is 6.04 Å². The Labute approximate surface area is 215 Å². The van der Waals surface area contributed by atoms with Crippen LogP contribution in [-0.2, 0) is 19.1 Å². The number of fused-ring (bicyclic) bond motifs is 1. The van der Waals surface area contributed by atoms with Crippen molar-refractivity contribution in [3.8, 4) is 0 Å². The lowest BCUT2D eigenvalue weighted by Gasteiger charge is -2.40. The molecule has 0 radical (unpaired) electrons. The number of aliphatic hydroxyl groups excluding tert-OH is 1. The molecule has 3 fully saturated rings. The summed E-state index contributed by atoms with van der Waals surface area (Å²) in [6.07, 6.45) is 2.80. The van der Waals surface area contributed by atoms with Crippen molar-refractivity contribution in [3.63, 3.8) is 0 Å². The Morgan fingerprint density at radius 1 is 1.23 bits per heavy atom. The van der Waals surface area contributed by atoms with Crippen LogP contribution in [0, 0.1) is 23.2 Å². The molecule has 2 N–H and O–H groups in total. The van der Waals surface area contributed by atoms with Crippen molar-refractivity contribution in [1.82, 2.24) is 10.2 Å². The van der Waals surface area contributed by atoms with E-state index in [0.29, 0.717) is 12.8 Å². The molecule has 3 aliphatic heterocycles. The molecule has 8 heteroatoms. The smallest absolute Gasteiger partial charge is 0.311 e. The number of ether oxygens (including phenoxy) is 1. The monoisotopic (exact) mass is 510 g/mol. The number of nitrogens with one attached hydrogen (secondary N) is 1. The second-order valence-corrected chi connectivity index (χ2v) is 15.2. The van der Waals surface area contributed by atoms with Crippen LogP contribution in [0.3, 0.4) is 0 Å². The van der Waals surface area contributed by atoms with Crippen molar-refractivity contribution in [1.29, 1.82) is 0 Å². The summed E-state index contributed by atoms with van der Waals surface area (Å²) in [7, 11) is 0. The Morgan fingerprint density at radius 3 is 2.37 bits per heavy atom. The van der Waals surface area contributed by atoms with Gasteiger partial charge >= 0.3 is 5.97 Å². The van der Waals surface area contributed by atoms with E-state index in [0.717, 1.165) is 12.8 Å². The molecule has 0 aromatic heterocycles. The van der Waals surface area contributed by atoms with Gasteiger partial charge in [0.25, 0.3) is 0 Å². The Morgan fingerprint density at radius 2 is 1.86 bits per heavy atom. The molecule has 1 spiro atoms. The number of carbonyl (C=O) groups excluding carboxylic acids is 3. The Bertz CT molecular complexity index is 853. The maximum Gasteiger partial charge on any atom is 0.311 e. The van der Waals surface area contributed by atoms with Gasteiger partial charge in [0.2, 0.25) is 11.8 Å². The van der Waals surface area contributed by atoms with Crippen molar-refractivity contribution in [2.45, 2.75) is 115 Å². The summed E-state index contributed by atoms with van der Waals surface area (Å²) >= 11 is 1.64. The number of thioether (sulfide) groups is 1. The maximum atomic E-state index is 14.1. The number of esters is 1. The highest BCUT2D eigenvalue weighted by atomic mass is 32.2. The largest absolute Gasteiger partial charge is 0.466 e. The number of carbonyl (C=O) groups is 3. The maximum absolute atomic E-state index is 14.1. The predicted octanol–water partition coefficient (Wildman–Crippen LogP) is 3.77. The topological polar surface area (TPSA) is 95.9 Å². The second kappa shape index (κ2) is 9.55. The number of nitrogens with zero attached hydrogens (tertiary/aromatic N) is 1. The molecule has 7 nitrogen and oxygen atoms in total. The Hall–Kier alpha value is -1.28. The predicted molar refractivity (Wildman–Crippen MR) is 139 cm³/mol. The average molecular weight is 511 g/mol. The van der Waals surface area contributed by atoms with Crippen LogP contribution in [0.5, 0.6) is 0 Å². The zero-order chi connectivity index (χ0) is 26.6. The molecule has 200 valence electrons. The SMILES string of the molecule is CCOC(=O)[C@H]1[C@H]2C(=O)N([C@@H](CO)CC(C)C)C(C(=O)NC(C)(C)CC(C)(C)C)C23CC[C@]1(C)S3. The number of aliphatic hydroxyl groups is 1. The standard InChI is InChI=1S/C27H46N2O5S/c1-10-34-23(33)19-18-22(32)29(17(14-30)13-16(2)3)20(27(18)12-11-26(19,9)35-27)21(31)28-25(7,8)15-24(4,5)6/h16-20,30H,10-15H2,1-9H3,(H,28,31)/t17-,18+,19-,20?,26+,27?/m1/s1. The summed E-state index contributed by atoms with van der Waals surface area (Å²) in [6.45, 7) is 18.4. The third-order valence-corrected chi connectivity index (χ3v) is 9.77. The summed E-state index contributed by atoms with van der Waals surface area (Å²) < 4.78 is 4.30. The van der Waals surface area contributed by atoms with Gasteiger partial charge in [0, 0.05) is 10.3 Å². The van der Waals surface area contributed by atoms with Crippen LogP contribution in [0.25, 0.3) is 0 Å². The van der Waals surface area contributed by atoms with Crippen LogP contribution < -0.4 is 5.32 Å². The molecular weight excluding hydrogens is 464 g/mol. The summed E-state index contributed by atoms with van der Waals surface area (Å²) in [5.74, 6) is -1.68. The molecule has 6 atom stereocenters. The zero-order valence-corrected chi connectivity index (χ0v) is 23.9. The van der Waals surface area contributed by atoms with Crippen molar-refractivity contribution < 1.29 is 24.2 Å². The molecule has 0 aliphatic carbocycles. The van der Waals surface area contributed by atoms with Crippen LogP contribution in [0.2, 0.25) is 0 Å². The molecule has 35 heavy (non-hydrogen) atoms. The van der Waals surface area contributed by atoms with Gasteiger partial charge < -0.3 is 20.1 Å². The molecular formula is C27H46N2O5S. The van der Waals surface area contributed by atoms with Crippen molar-refractivity contribution >= 4 is 29.5 Å². The zero-order valence-electron chi connectivity index (χ0n) is 23.1. The molecule has 2 unspecified atom stereocenters. The normalized spacial score (nSPS) is 33.3. The molecule has 3 aliphatic rings. The molecule has 3 rings (SSSR count). The number of hydrogen-bond donors (Lipinski definition) is 2. The quantitative estimate of drug-likeness (QED) is 0.459. The fourth-order valence-corrected chi connectivity index (χ4v) is 9.57. The van der Waals surface area contributed by atoms with Crippen molar-refractivity contribution in [2.24, 2.45) is 23.2 Å². The molecule has 2 amide bonds. The average Bonchev–Trinajstić information content (AvgIpc) is 3.24. The minimum Gasteiger partial charge on any atom is -0.466 e. The van der Waals surface area contributed by atoms with Gasteiger partial charge in [-0.15, -0.1) is 11.8 Å². The molecule has 0 saturated carbocycles. The van der Waals surface area contributed by atoms with Crippen molar-refractivity contribution in [3.05, 3.63) is 0 Å². The second-order valence-electron chi connectivity index (χ2n) is 13.3. The number of likely N-dealkylation sites (tertiary alicyclic amines) is 1. The Balaban J connectivity index is 2.07. The van der Waals surface area contributed by atoms with Crippen LogP contribution in [0.4, 0.5) is 0 Å². The van der Waals surface area contributed by atoms with E-state index in [9.17, 15) is 19.5 Å². The number of rotatable bonds is 9. The lowest BCUT2D eigenvalue weighted by molar-refractivity contribution is -0.155. The highest BCUT2D eigenvalue weighted by Gasteiger charge is 2.78. The first-order valence-electron chi connectivity index (χ1n) is 13.1.